The quantitative estimate of drug-likeness (QED) is 0.181. The maximum absolute atomic E-state index is 6.37. The number of para-hydroxylation sites is 1. The molecule has 53 heavy (non-hydrogen) atoms. The molecule has 0 atom stereocenters. The van der Waals surface area contributed by atoms with Crippen molar-refractivity contribution in [2.24, 2.45) is 0 Å². The van der Waals surface area contributed by atoms with E-state index in [0.717, 1.165) is 11.2 Å². The summed E-state index contributed by atoms with van der Waals surface area (Å²) in [6.07, 6.45) is 0. The third-order valence-electron chi connectivity index (χ3n) is 11.6. The van der Waals surface area contributed by atoms with Crippen LogP contribution in [-0.2, 0) is 5.41 Å². The summed E-state index contributed by atoms with van der Waals surface area (Å²) in [5.74, 6) is 0. The van der Waals surface area contributed by atoms with E-state index in [4.69, 9.17) is 4.42 Å². The maximum Gasteiger partial charge on any atom is 0.135 e. The highest BCUT2D eigenvalue weighted by Crippen LogP contribution is 2.53. The van der Waals surface area contributed by atoms with Gasteiger partial charge in [0.05, 0.1) is 11.0 Å². The molecule has 0 unspecified atom stereocenters. The predicted octanol–water partition coefficient (Wildman–Crippen LogP) is 14.0. The first-order valence-corrected chi connectivity index (χ1v) is 18.4. The van der Waals surface area contributed by atoms with Gasteiger partial charge in [-0.2, -0.15) is 0 Å². The SMILES string of the molecule is CC1(C)c2cc(-n3c4cc(-c5ccccc5)ccc4c4ccc(-c5ccc(-c6ccccc6)cc5)cc43)ccc2-c2ccc3oc4ccccc4c3c21. The lowest BCUT2D eigenvalue weighted by atomic mass is 9.80. The largest absolute Gasteiger partial charge is 0.456 e. The van der Waals surface area contributed by atoms with Gasteiger partial charge in [-0.25, -0.2) is 0 Å². The standard InChI is InChI=1S/C51H35NO/c1-51(2)44-31-38(23-26-39(44)42-27-28-48-49(50(42)51)43-15-9-10-16-47(43)53-48)52-45-29-36(33-13-7-4-8-14-33)21-24-40(45)41-25-22-37(30-46(41)52)35-19-17-34(18-20-35)32-11-5-3-6-12-32/h3-31H,1-2H3. The molecule has 8 aromatic carbocycles. The van der Waals surface area contributed by atoms with Gasteiger partial charge >= 0.3 is 0 Å². The summed E-state index contributed by atoms with van der Waals surface area (Å²) in [6, 6.07) is 64.1. The van der Waals surface area contributed by atoms with Gasteiger partial charge in [-0.15, -0.1) is 0 Å². The van der Waals surface area contributed by atoms with E-state index in [2.05, 4.69) is 194 Å². The number of benzene rings is 8. The first kappa shape index (κ1) is 30.0. The zero-order valence-corrected chi connectivity index (χ0v) is 29.6. The summed E-state index contributed by atoms with van der Waals surface area (Å²) in [5.41, 5.74) is 17.8. The Morgan fingerprint density at radius 1 is 0.415 bits per heavy atom. The molecule has 0 fully saturated rings. The Balaban J connectivity index is 1.12. The van der Waals surface area contributed by atoms with Crippen LogP contribution in [0.2, 0.25) is 0 Å². The summed E-state index contributed by atoms with van der Waals surface area (Å²) in [5, 5.41) is 4.91. The molecule has 2 heterocycles. The van der Waals surface area contributed by atoms with Crippen LogP contribution in [0.3, 0.4) is 0 Å². The molecule has 0 radical (unpaired) electrons. The fourth-order valence-electron chi connectivity index (χ4n) is 9.02. The van der Waals surface area contributed by atoms with Crippen molar-refractivity contribution in [3.8, 4) is 50.2 Å². The van der Waals surface area contributed by atoms with Crippen molar-refractivity contribution in [3.05, 3.63) is 187 Å². The topological polar surface area (TPSA) is 18.1 Å². The monoisotopic (exact) mass is 677 g/mol. The molecule has 1 aliphatic rings. The van der Waals surface area contributed by atoms with Gasteiger partial charge in [-0.3, -0.25) is 0 Å². The van der Waals surface area contributed by atoms with Gasteiger partial charge in [0.15, 0.2) is 0 Å². The van der Waals surface area contributed by atoms with E-state index in [1.807, 2.05) is 0 Å². The second-order valence-corrected chi connectivity index (χ2v) is 14.9. The van der Waals surface area contributed by atoms with Crippen molar-refractivity contribution in [1.82, 2.24) is 4.57 Å². The smallest absolute Gasteiger partial charge is 0.135 e. The number of furan rings is 1. The van der Waals surface area contributed by atoms with Crippen molar-refractivity contribution in [1.29, 1.82) is 0 Å². The van der Waals surface area contributed by atoms with Crippen molar-refractivity contribution in [2.75, 3.05) is 0 Å². The molecule has 2 nitrogen and oxygen atoms in total. The van der Waals surface area contributed by atoms with Crippen LogP contribution in [0, 0.1) is 0 Å². The van der Waals surface area contributed by atoms with Crippen molar-refractivity contribution >= 4 is 43.7 Å². The molecule has 10 aromatic rings. The van der Waals surface area contributed by atoms with E-state index in [1.165, 1.54) is 93.9 Å². The predicted molar refractivity (Wildman–Crippen MR) is 222 cm³/mol. The molecular weight excluding hydrogens is 643 g/mol. The minimum atomic E-state index is -0.230. The lowest BCUT2D eigenvalue weighted by molar-refractivity contribution is 0.656. The summed E-state index contributed by atoms with van der Waals surface area (Å²) in [6.45, 7) is 4.75. The zero-order valence-electron chi connectivity index (χ0n) is 29.6. The van der Waals surface area contributed by atoms with E-state index in [0.29, 0.717) is 0 Å². The minimum absolute atomic E-state index is 0.230. The third-order valence-corrected chi connectivity index (χ3v) is 11.6. The number of aromatic nitrogens is 1. The second kappa shape index (κ2) is 11.2. The summed E-state index contributed by atoms with van der Waals surface area (Å²) < 4.78 is 8.86. The summed E-state index contributed by atoms with van der Waals surface area (Å²) in [7, 11) is 0. The first-order chi connectivity index (χ1) is 26.0. The molecule has 0 amide bonds. The molecule has 250 valence electrons. The van der Waals surface area contributed by atoms with Gasteiger partial charge < -0.3 is 8.98 Å². The summed E-state index contributed by atoms with van der Waals surface area (Å²) in [4.78, 5) is 0. The van der Waals surface area contributed by atoms with Crippen LogP contribution < -0.4 is 0 Å². The fourth-order valence-corrected chi connectivity index (χ4v) is 9.02. The van der Waals surface area contributed by atoms with Crippen molar-refractivity contribution < 1.29 is 4.42 Å². The molecule has 0 aliphatic heterocycles. The van der Waals surface area contributed by atoms with Crippen LogP contribution >= 0.6 is 0 Å². The van der Waals surface area contributed by atoms with Crippen LogP contribution in [0.1, 0.15) is 25.0 Å². The van der Waals surface area contributed by atoms with Crippen LogP contribution in [0.4, 0.5) is 0 Å². The van der Waals surface area contributed by atoms with E-state index in [1.54, 1.807) is 0 Å². The van der Waals surface area contributed by atoms with Gasteiger partial charge in [0.25, 0.3) is 0 Å². The van der Waals surface area contributed by atoms with Gasteiger partial charge in [-0.05, 0) is 92.0 Å². The highest BCUT2D eigenvalue weighted by atomic mass is 16.3. The Bertz CT molecular complexity index is 3050. The normalized spacial score (nSPS) is 13.2. The molecular formula is C51H35NO. The van der Waals surface area contributed by atoms with Gasteiger partial charge in [-0.1, -0.05) is 153 Å². The Morgan fingerprint density at radius 2 is 0.943 bits per heavy atom. The number of hydrogen-bond donors (Lipinski definition) is 0. The molecule has 0 N–H and O–H groups in total. The molecule has 1 aliphatic carbocycles. The molecule has 0 bridgehead atoms. The molecule has 2 aromatic heterocycles. The molecule has 0 spiro atoms. The highest BCUT2D eigenvalue weighted by Gasteiger charge is 2.38. The maximum atomic E-state index is 6.37. The third kappa shape index (κ3) is 4.45. The van der Waals surface area contributed by atoms with Crippen molar-refractivity contribution in [3.63, 3.8) is 0 Å². The van der Waals surface area contributed by atoms with Gasteiger partial charge in [0.2, 0.25) is 0 Å². The van der Waals surface area contributed by atoms with Crippen LogP contribution in [0.5, 0.6) is 0 Å². The molecule has 2 heteroatoms. The van der Waals surface area contributed by atoms with Crippen LogP contribution in [0.15, 0.2) is 180 Å². The van der Waals surface area contributed by atoms with E-state index in [9.17, 15) is 0 Å². The lowest BCUT2D eigenvalue weighted by Crippen LogP contribution is -2.16. The minimum Gasteiger partial charge on any atom is -0.456 e. The number of hydrogen-bond acceptors (Lipinski definition) is 1. The fraction of sp³-hybridized carbons (Fsp3) is 0.0588. The Hall–Kier alpha value is -6.64. The van der Waals surface area contributed by atoms with Gasteiger partial charge in [0.1, 0.15) is 11.2 Å². The molecule has 0 saturated heterocycles. The second-order valence-electron chi connectivity index (χ2n) is 14.9. The zero-order chi connectivity index (χ0) is 35.3. The average Bonchev–Trinajstić information content (AvgIpc) is 3.83. The van der Waals surface area contributed by atoms with E-state index in [-0.39, 0.29) is 5.41 Å². The molecule has 0 saturated carbocycles. The van der Waals surface area contributed by atoms with Crippen molar-refractivity contribution in [2.45, 2.75) is 19.3 Å². The average molecular weight is 678 g/mol. The highest BCUT2D eigenvalue weighted by molar-refractivity contribution is 6.12. The number of nitrogens with zero attached hydrogens (tertiary/aromatic N) is 1. The molecule has 11 rings (SSSR count). The summed E-state index contributed by atoms with van der Waals surface area (Å²) >= 11 is 0. The Morgan fingerprint density at radius 3 is 1.60 bits per heavy atom. The number of rotatable bonds is 4. The number of fused-ring (bicyclic) bond motifs is 10. The Labute approximate surface area is 308 Å². The van der Waals surface area contributed by atoms with Crippen LogP contribution in [-0.4, -0.2) is 4.57 Å². The first-order valence-electron chi connectivity index (χ1n) is 18.4. The lowest BCUT2D eigenvalue weighted by Gasteiger charge is -2.23. The van der Waals surface area contributed by atoms with Crippen LogP contribution in [0.25, 0.3) is 93.9 Å². The van der Waals surface area contributed by atoms with E-state index < -0.39 is 0 Å². The Kier molecular flexibility index (Phi) is 6.33. The van der Waals surface area contributed by atoms with E-state index >= 15 is 0 Å². The van der Waals surface area contributed by atoms with Gasteiger partial charge in [0, 0.05) is 32.6 Å².